The molecular weight excluding hydrogens is 494 g/mol. The maximum atomic E-state index is 14.4. The second kappa shape index (κ2) is 8.12. The molecule has 9 atom stereocenters. The molecule has 5 aliphatic rings. The first kappa shape index (κ1) is 26.9. The minimum atomic E-state index is -1.42. The quantitative estimate of drug-likeness (QED) is 0.390. The Morgan fingerprint density at radius 3 is 2.59 bits per heavy atom. The number of ether oxygens (including phenoxy) is 2. The molecule has 0 aromatic heterocycles. The van der Waals surface area contributed by atoms with E-state index in [0.29, 0.717) is 36.9 Å². The molecule has 3 heterocycles. The van der Waals surface area contributed by atoms with E-state index in [9.17, 15) is 19.8 Å². The summed E-state index contributed by atoms with van der Waals surface area (Å²) in [6.07, 6.45) is 1.53. The number of allylic oxidation sites excluding steroid dienone is 1. The van der Waals surface area contributed by atoms with Gasteiger partial charge < -0.3 is 25.0 Å². The molecular formula is C32H41NO6. The van der Waals surface area contributed by atoms with Crippen molar-refractivity contribution in [3.05, 3.63) is 54.1 Å². The van der Waals surface area contributed by atoms with Crippen molar-refractivity contribution in [2.45, 2.75) is 108 Å². The highest BCUT2D eigenvalue weighted by Gasteiger charge is 2.86. The summed E-state index contributed by atoms with van der Waals surface area (Å²) in [5.74, 6) is -0.457. The van der Waals surface area contributed by atoms with E-state index < -0.39 is 46.4 Å². The van der Waals surface area contributed by atoms with Gasteiger partial charge in [-0.05, 0) is 68.7 Å². The van der Waals surface area contributed by atoms with E-state index in [2.05, 4.69) is 18.5 Å². The zero-order valence-electron chi connectivity index (χ0n) is 23.7. The van der Waals surface area contributed by atoms with Crippen LogP contribution in [0.4, 0.5) is 5.69 Å². The van der Waals surface area contributed by atoms with Crippen LogP contribution in [0.3, 0.4) is 0 Å². The van der Waals surface area contributed by atoms with Crippen LogP contribution in [0.25, 0.3) is 0 Å². The number of epoxide rings is 1. The lowest BCUT2D eigenvalue weighted by atomic mass is 9.39. The molecule has 1 aromatic rings. The average Bonchev–Trinajstić information content (AvgIpc) is 3.65. The molecule has 1 spiro atoms. The van der Waals surface area contributed by atoms with Crippen molar-refractivity contribution in [2.24, 2.45) is 16.7 Å². The molecule has 7 nitrogen and oxygen atoms in total. The molecule has 7 heteroatoms. The minimum Gasteiger partial charge on any atom is -0.387 e. The minimum absolute atomic E-state index is 0.00802. The van der Waals surface area contributed by atoms with Gasteiger partial charge in [-0.3, -0.25) is 9.59 Å². The Kier molecular flexibility index (Phi) is 5.60. The van der Waals surface area contributed by atoms with Crippen LogP contribution in [0.5, 0.6) is 0 Å². The van der Waals surface area contributed by atoms with Gasteiger partial charge in [0.05, 0.1) is 17.2 Å². The predicted molar refractivity (Wildman–Crippen MR) is 147 cm³/mol. The van der Waals surface area contributed by atoms with Gasteiger partial charge in [0.15, 0.2) is 11.4 Å². The van der Waals surface area contributed by atoms with E-state index in [4.69, 9.17) is 9.47 Å². The Hall–Kier alpha value is -2.32. The zero-order valence-corrected chi connectivity index (χ0v) is 23.7. The molecule has 2 aliphatic carbocycles. The van der Waals surface area contributed by atoms with Crippen LogP contribution in [-0.2, 0) is 19.7 Å². The number of ketones is 1. The Morgan fingerprint density at radius 2 is 1.92 bits per heavy atom. The standard InChI is InChI=1S/C32H41NO6/c1-8-28(4,5)18-9-10-20-21(15-18)33-27(36)30(7)19(16-22(20)34)11-14-31(37)29(30,6)13-12-23-32(31)26(39-32)24(35)25(38-23)17(2)3/h8-10,15,19,23-26,35,37H,1-2,11-14,16H2,3-7H3,(H,33,36)/t19-,23-,24-,25+,26+,29+,30+,31-,32-/m0/s1. The number of amides is 1. The van der Waals surface area contributed by atoms with Gasteiger partial charge in [-0.1, -0.05) is 39.5 Å². The summed E-state index contributed by atoms with van der Waals surface area (Å²) in [5.41, 5.74) is -2.15. The number of hydrogen-bond acceptors (Lipinski definition) is 6. The van der Waals surface area contributed by atoms with Crippen molar-refractivity contribution >= 4 is 17.4 Å². The highest BCUT2D eigenvalue weighted by atomic mass is 16.7. The smallest absolute Gasteiger partial charge is 0.231 e. The molecule has 0 unspecified atom stereocenters. The first-order valence-electron chi connectivity index (χ1n) is 14.2. The highest BCUT2D eigenvalue weighted by Crippen LogP contribution is 2.73. The molecule has 0 bridgehead atoms. The first-order valence-corrected chi connectivity index (χ1v) is 14.2. The lowest BCUT2D eigenvalue weighted by Gasteiger charge is -2.66. The highest BCUT2D eigenvalue weighted by molar-refractivity contribution is 6.08. The Morgan fingerprint density at radius 1 is 1.21 bits per heavy atom. The van der Waals surface area contributed by atoms with Gasteiger partial charge in [0, 0.05) is 22.8 Å². The van der Waals surface area contributed by atoms with Gasteiger partial charge >= 0.3 is 0 Å². The van der Waals surface area contributed by atoms with Gasteiger partial charge in [0.2, 0.25) is 5.91 Å². The molecule has 6 rings (SSSR count). The number of rotatable bonds is 3. The van der Waals surface area contributed by atoms with Gasteiger partial charge in [-0.15, -0.1) is 6.58 Å². The number of fused-ring (bicyclic) bond motifs is 4. The van der Waals surface area contributed by atoms with Crippen LogP contribution in [0.15, 0.2) is 43.0 Å². The second-order valence-corrected chi connectivity index (χ2v) is 13.7. The summed E-state index contributed by atoms with van der Waals surface area (Å²) in [4.78, 5) is 28.1. The maximum Gasteiger partial charge on any atom is 0.231 e. The van der Waals surface area contributed by atoms with Crippen molar-refractivity contribution in [1.29, 1.82) is 0 Å². The normalized spacial score (nSPS) is 44.7. The summed E-state index contributed by atoms with van der Waals surface area (Å²) in [6.45, 7) is 17.7. The van der Waals surface area contributed by atoms with Crippen molar-refractivity contribution in [3.63, 3.8) is 0 Å². The van der Waals surface area contributed by atoms with Crippen LogP contribution < -0.4 is 5.32 Å². The zero-order chi connectivity index (χ0) is 28.3. The SMILES string of the molecule is C=CC(C)(C)c1ccc2c(c1)NC(=O)[C@@]1(C)[C@@H](CC[C@@]3(O)[C@@]45O[C@@H]4[C@@H](O)[C@@H](C(=C)C)O[C@H]5CC[C@@]31C)CC2=O. The molecule has 0 radical (unpaired) electrons. The number of hydrogen-bond donors (Lipinski definition) is 3. The van der Waals surface area contributed by atoms with Gasteiger partial charge in [0.1, 0.15) is 23.9 Å². The number of aliphatic hydroxyl groups excluding tert-OH is 1. The van der Waals surface area contributed by atoms with E-state index in [1.165, 1.54) is 0 Å². The van der Waals surface area contributed by atoms with Gasteiger partial charge in [0.25, 0.3) is 0 Å². The van der Waals surface area contributed by atoms with Crippen molar-refractivity contribution < 1.29 is 29.3 Å². The lowest BCUT2D eigenvalue weighted by Crippen LogP contribution is -2.77. The predicted octanol–water partition coefficient (Wildman–Crippen LogP) is 4.46. The number of Topliss-reactive ketones (excluding diaryl/α,β-unsaturated/α-hetero) is 1. The van der Waals surface area contributed by atoms with Crippen molar-refractivity contribution in [1.82, 2.24) is 0 Å². The van der Waals surface area contributed by atoms with E-state index in [1.807, 2.05) is 58.9 Å². The lowest BCUT2D eigenvalue weighted by molar-refractivity contribution is -0.276. The Balaban J connectivity index is 1.43. The third kappa shape index (κ3) is 3.13. The average molecular weight is 536 g/mol. The fourth-order valence-corrected chi connectivity index (χ4v) is 8.64. The molecule has 1 aromatic carbocycles. The summed E-state index contributed by atoms with van der Waals surface area (Å²) in [7, 11) is 0. The first-order chi connectivity index (χ1) is 18.2. The van der Waals surface area contributed by atoms with Gasteiger partial charge in [-0.2, -0.15) is 0 Å². The van der Waals surface area contributed by atoms with E-state index >= 15 is 0 Å². The van der Waals surface area contributed by atoms with E-state index in [0.717, 1.165) is 11.1 Å². The number of aliphatic hydroxyl groups is 2. The van der Waals surface area contributed by atoms with Crippen LogP contribution >= 0.6 is 0 Å². The number of nitrogens with one attached hydrogen (secondary N) is 1. The number of anilines is 1. The van der Waals surface area contributed by atoms with Crippen LogP contribution in [0, 0.1) is 16.7 Å². The third-order valence-corrected chi connectivity index (χ3v) is 11.6. The number of carbonyl (C=O) groups excluding carboxylic acids is 2. The van der Waals surface area contributed by atoms with Crippen LogP contribution in [0.2, 0.25) is 0 Å². The Labute approximate surface area is 230 Å². The fourth-order valence-electron chi connectivity index (χ4n) is 8.64. The topological polar surface area (TPSA) is 108 Å². The molecule has 39 heavy (non-hydrogen) atoms. The molecule has 3 N–H and O–H groups in total. The maximum absolute atomic E-state index is 14.4. The second-order valence-electron chi connectivity index (χ2n) is 13.7. The van der Waals surface area contributed by atoms with Crippen LogP contribution in [0.1, 0.15) is 82.6 Å². The number of benzene rings is 1. The molecule has 4 fully saturated rings. The van der Waals surface area contributed by atoms with Crippen molar-refractivity contribution in [2.75, 3.05) is 5.32 Å². The summed E-state index contributed by atoms with van der Waals surface area (Å²) >= 11 is 0. The largest absolute Gasteiger partial charge is 0.387 e. The van der Waals surface area contributed by atoms with Crippen LogP contribution in [-0.4, -0.2) is 57.5 Å². The fraction of sp³-hybridized carbons (Fsp3) is 0.625. The summed E-state index contributed by atoms with van der Waals surface area (Å²) in [5, 5.41) is 26.9. The molecule has 3 aliphatic heterocycles. The molecule has 210 valence electrons. The van der Waals surface area contributed by atoms with Crippen molar-refractivity contribution in [3.8, 4) is 0 Å². The van der Waals surface area contributed by atoms with Gasteiger partial charge in [-0.25, -0.2) is 0 Å². The molecule has 2 saturated carbocycles. The van der Waals surface area contributed by atoms with E-state index in [-0.39, 0.29) is 29.4 Å². The van der Waals surface area contributed by atoms with E-state index in [1.54, 1.807) is 0 Å². The molecule has 1 amide bonds. The molecule has 2 saturated heterocycles. The number of carbonyl (C=O) groups is 2. The summed E-state index contributed by atoms with van der Waals surface area (Å²) in [6, 6.07) is 5.63. The third-order valence-electron chi connectivity index (χ3n) is 11.6. The monoisotopic (exact) mass is 535 g/mol. The summed E-state index contributed by atoms with van der Waals surface area (Å²) < 4.78 is 12.6. The Bertz CT molecular complexity index is 1300.